The molecule has 1 heterocycles. The zero-order valence-corrected chi connectivity index (χ0v) is 11.6. The van der Waals surface area contributed by atoms with Gasteiger partial charge < -0.3 is 10.6 Å². The monoisotopic (exact) mass is 268 g/mol. The van der Waals surface area contributed by atoms with Crippen molar-refractivity contribution in [3.05, 3.63) is 48.0 Å². The molecule has 3 nitrogen and oxygen atoms in total. The van der Waals surface area contributed by atoms with Gasteiger partial charge in [-0.3, -0.25) is 4.79 Å². The van der Waals surface area contributed by atoms with E-state index in [1.165, 1.54) is 16.3 Å². The van der Waals surface area contributed by atoms with Crippen LogP contribution in [-0.4, -0.2) is 18.5 Å². The quantitative estimate of drug-likeness (QED) is 0.898. The van der Waals surface area contributed by atoms with Crippen molar-refractivity contribution in [3.63, 3.8) is 0 Å². The number of carbonyl (C=O) groups excluding carboxylic acids is 1. The van der Waals surface area contributed by atoms with Crippen molar-refractivity contribution in [2.24, 2.45) is 0 Å². The number of carbonyl (C=O) groups is 1. The van der Waals surface area contributed by atoms with E-state index in [2.05, 4.69) is 53.1 Å². The van der Waals surface area contributed by atoms with Gasteiger partial charge >= 0.3 is 0 Å². The van der Waals surface area contributed by atoms with Gasteiger partial charge in [-0.15, -0.1) is 0 Å². The fourth-order valence-electron chi connectivity index (χ4n) is 2.81. The van der Waals surface area contributed by atoms with Crippen molar-refractivity contribution in [1.82, 2.24) is 10.6 Å². The predicted octanol–water partition coefficient (Wildman–Crippen LogP) is 2.60. The number of hydrogen-bond donors (Lipinski definition) is 2. The Morgan fingerprint density at radius 3 is 2.90 bits per heavy atom. The van der Waals surface area contributed by atoms with Gasteiger partial charge in [-0.1, -0.05) is 42.5 Å². The zero-order chi connectivity index (χ0) is 13.8. The Bertz CT molecular complexity index is 603. The molecule has 0 aliphatic carbocycles. The summed E-state index contributed by atoms with van der Waals surface area (Å²) in [6, 6.07) is 14.6. The minimum atomic E-state index is -0.0588. The van der Waals surface area contributed by atoms with Crippen LogP contribution in [0.15, 0.2) is 42.5 Å². The van der Waals surface area contributed by atoms with Gasteiger partial charge in [0.1, 0.15) is 0 Å². The first kappa shape index (κ1) is 13.1. The second-order valence-electron chi connectivity index (χ2n) is 5.36. The minimum absolute atomic E-state index is 0.0588. The lowest BCUT2D eigenvalue weighted by Crippen LogP contribution is -2.42. The van der Waals surface area contributed by atoms with E-state index in [0.29, 0.717) is 0 Å². The number of amides is 1. The summed E-state index contributed by atoms with van der Waals surface area (Å²) in [7, 11) is 0. The topological polar surface area (TPSA) is 41.1 Å². The van der Waals surface area contributed by atoms with Crippen LogP contribution in [0.5, 0.6) is 0 Å². The summed E-state index contributed by atoms with van der Waals surface area (Å²) in [4.78, 5) is 11.9. The van der Waals surface area contributed by atoms with Crippen LogP contribution in [0.2, 0.25) is 0 Å². The molecule has 1 unspecified atom stereocenters. The zero-order valence-electron chi connectivity index (χ0n) is 11.6. The van der Waals surface area contributed by atoms with Gasteiger partial charge in [-0.05, 0) is 35.6 Å². The van der Waals surface area contributed by atoms with Gasteiger partial charge in [0, 0.05) is 13.1 Å². The third-order valence-corrected chi connectivity index (χ3v) is 3.95. The summed E-state index contributed by atoms with van der Waals surface area (Å²) >= 11 is 0. The SMILES string of the molecule is O=C1NCCCCC1NCc1cccc2ccccc12. The summed E-state index contributed by atoms with van der Waals surface area (Å²) in [5, 5.41) is 8.88. The minimum Gasteiger partial charge on any atom is -0.355 e. The molecule has 1 fully saturated rings. The molecule has 0 spiro atoms. The van der Waals surface area contributed by atoms with Crippen LogP contribution in [0, 0.1) is 0 Å². The fraction of sp³-hybridized carbons (Fsp3) is 0.353. The highest BCUT2D eigenvalue weighted by atomic mass is 16.2. The Morgan fingerprint density at radius 2 is 1.95 bits per heavy atom. The standard InChI is InChI=1S/C17H20N2O/c20-17-16(10-3-4-11-18-17)19-12-14-8-5-7-13-6-1-2-9-15(13)14/h1-2,5-9,16,19H,3-4,10-12H2,(H,18,20). The van der Waals surface area contributed by atoms with Crippen molar-refractivity contribution in [2.75, 3.05) is 6.54 Å². The Hall–Kier alpha value is -1.87. The smallest absolute Gasteiger partial charge is 0.237 e. The van der Waals surface area contributed by atoms with Crippen LogP contribution in [-0.2, 0) is 11.3 Å². The first-order chi connectivity index (χ1) is 9.84. The van der Waals surface area contributed by atoms with Crippen molar-refractivity contribution in [1.29, 1.82) is 0 Å². The Morgan fingerprint density at radius 1 is 1.10 bits per heavy atom. The molecule has 2 N–H and O–H groups in total. The second kappa shape index (κ2) is 6.06. The molecule has 1 aliphatic heterocycles. The highest BCUT2D eigenvalue weighted by Gasteiger charge is 2.19. The second-order valence-corrected chi connectivity index (χ2v) is 5.36. The van der Waals surface area contributed by atoms with Crippen molar-refractivity contribution in [2.45, 2.75) is 31.8 Å². The molecule has 1 atom stereocenters. The van der Waals surface area contributed by atoms with E-state index in [-0.39, 0.29) is 11.9 Å². The third-order valence-electron chi connectivity index (χ3n) is 3.95. The number of hydrogen-bond acceptors (Lipinski definition) is 2. The largest absolute Gasteiger partial charge is 0.355 e. The number of rotatable bonds is 3. The number of fused-ring (bicyclic) bond motifs is 1. The van der Waals surface area contributed by atoms with Gasteiger partial charge in [0.25, 0.3) is 0 Å². The van der Waals surface area contributed by atoms with E-state index in [0.717, 1.165) is 32.4 Å². The number of nitrogens with one attached hydrogen (secondary N) is 2. The lowest BCUT2D eigenvalue weighted by Gasteiger charge is -2.16. The lowest BCUT2D eigenvalue weighted by atomic mass is 10.0. The number of benzene rings is 2. The van der Waals surface area contributed by atoms with E-state index < -0.39 is 0 Å². The van der Waals surface area contributed by atoms with Gasteiger partial charge in [0.2, 0.25) is 5.91 Å². The molecule has 1 saturated heterocycles. The van der Waals surface area contributed by atoms with Crippen LogP contribution in [0.3, 0.4) is 0 Å². The third kappa shape index (κ3) is 2.83. The molecule has 0 bridgehead atoms. The maximum atomic E-state index is 11.9. The summed E-state index contributed by atoms with van der Waals surface area (Å²) in [6.07, 6.45) is 3.11. The Labute approximate surface area is 119 Å². The van der Waals surface area contributed by atoms with Crippen LogP contribution in [0.25, 0.3) is 10.8 Å². The fourth-order valence-corrected chi connectivity index (χ4v) is 2.81. The van der Waals surface area contributed by atoms with Crippen LogP contribution < -0.4 is 10.6 Å². The first-order valence-corrected chi connectivity index (χ1v) is 7.32. The summed E-state index contributed by atoms with van der Waals surface area (Å²) < 4.78 is 0. The Kier molecular flexibility index (Phi) is 3.97. The van der Waals surface area contributed by atoms with Gasteiger partial charge in [-0.25, -0.2) is 0 Å². The summed E-state index contributed by atoms with van der Waals surface area (Å²) in [6.45, 7) is 1.55. The lowest BCUT2D eigenvalue weighted by molar-refractivity contribution is -0.122. The van der Waals surface area contributed by atoms with E-state index in [9.17, 15) is 4.79 Å². The van der Waals surface area contributed by atoms with Crippen molar-refractivity contribution in [3.8, 4) is 0 Å². The molecule has 104 valence electrons. The van der Waals surface area contributed by atoms with Crippen LogP contribution in [0.1, 0.15) is 24.8 Å². The van der Waals surface area contributed by atoms with Crippen molar-refractivity contribution < 1.29 is 4.79 Å². The molecule has 0 aromatic heterocycles. The van der Waals surface area contributed by atoms with Crippen LogP contribution in [0.4, 0.5) is 0 Å². The van der Waals surface area contributed by atoms with Gasteiger partial charge in [0.05, 0.1) is 6.04 Å². The van der Waals surface area contributed by atoms with E-state index in [1.54, 1.807) is 0 Å². The van der Waals surface area contributed by atoms with E-state index in [1.807, 2.05) is 0 Å². The molecule has 2 aromatic carbocycles. The molecule has 20 heavy (non-hydrogen) atoms. The van der Waals surface area contributed by atoms with Crippen molar-refractivity contribution >= 4 is 16.7 Å². The maximum absolute atomic E-state index is 11.9. The van der Waals surface area contributed by atoms with E-state index in [4.69, 9.17) is 0 Å². The average Bonchev–Trinajstić information content (AvgIpc) is 2.69. The molecule has 1 aliphatic rings. The molecule has 0 radical (unpaired) electrons. The molecule has 2 aromatic rings. The molecule has 1 amide bonds. The molecular weight excluding hydrogens is 248 g/mol. The highest BCUT2D eigenvalue weighted by molar-refractivity contribution is 5.86. The predicted molar refractivity (Wildman–Crippen MR) is 81.4 cm³/mol. The van der Waals surface area contributed by atoms with Crippen LogP contribution >= 0.6 is 0 Å². The molecule has 3 rings (SSSR count). The molecule has 3 heteroatoms. The average molecular weight is 268 g/mol. The normalized spacial score (nSPS) is 19.6. The van der Waals surface area contributed by atoms with Gasteiger partial charge in [0.15, 0.2) is 0 Å². The highest BCUT2D eigenvalue weighted by Crippen LogP contribution is 2.18. The maximum Gasteiger partial charge on any atom is 0.237 e. The molecular formula is C17H20N2O. The van der Waals surface area contributed by atoms with E-state index >= 15 is 0 Å². The first-order valence-electron chi connectivity index (χ1n) is 7.32. The Balaban J connectivity index is 1.75. The van der Waals surface area contributed by atoms with Gasteiger partial charge in [-0.2, -0.15) is 0 Å². The summed E-state index contributed by atoms with van der Waals surface area (Å²) in [5.41, 5.74) is 1.25. The summed E-state index contributed by atoms with van der Waals surface area (Å²) in [5.74, 6) is 0.141. The molecule has 0 saturated carbocycles.